The van der Waals surface area contributed by atoms with Crippen LogP contribution >= 0.6 is 11.6 Å². The molecule has 1 unspecified atom stereocenters. The number of nitrogens with one attached hydrogen (secondary N) is 1. The zero-order chi connectivity index (χ0) is 17.7. The number of halogens is 3. The van der Waals surface area contributed by atoms with Crippen molar-refractivity contribution in [3.05, 3.63) is 51.4 Å². The van der Waals surface area contributed by atoms with Crippen molar-refractivity contribution in [2.45, 2.75) is 19.8 Å². The smallest absolute Gasteiger partial charge is 0.292 e. The van der Waals surface area contributed by atoms with Crippen LogP contribution in [0.1, 0.15) is 19.8 Å². The lowest BCUT2D eigenvalue weighted by Gasteiger charge is -2.16. The molecule has 0 aliphatic heterocycles. The van der Waals surface area contributed by atoms with Crippen LogP contribution in [-0.4, -0.2) is 28.0 Å². The van der Waals surface area contributed by atoms with Gasteiger partial charge in [-0.15, -0.1) is 0 Å². The maximum Gasteiger partial charge on any atom is 0.292 e. The van der Waals surface area contributed by atoms with E-state index in [0.717, 1.165) is 23.2 Å². The number of aliphatic hydroxyl groups is 1. The predicted molar refractivity (Wildman–Crippen MR) is 88.7 cm³/mol. The van der Waals surface area contributed by atoms with Crippen LogP contribution in [0.15, 0.2) is 29.2 Å². The third-order valence-corrected chi connectivity index (χ3v) is 4.12. The van der Waals surface area contributed by atoms with Crippen molar-refractivity contribution in [1.82, 2.24) is 9.78 Å². The summed E-state index contributed by atoms with van der Waals surface area (Å²) < 4.78 is 27.6. The van der Waals surface area contributed by atoms with Crippen molar-refractivity contribution in [3.8, 4) is 5.69 Å². The van der Waals surface area contributed by atoms with Crippen molar-refractivity contribution < 1.29 is 13.9 Å². The summed E-state index contributed by atoms with van der Waals surface area (Å²) in [6, 6.07) is 2.83. The largest absolute Gasteiger partial charge is 0.396 e. The third kappa shape index (κ3) is 4.10. The van der Waals surface area contributed by atoms with Gasteiger partial charge < -0.3 is 10.4 Å². The van der Waals surface area contributed by atoms with E-state index in [0.29, 0.717) is 24.7 Å². The Kier molecular flexibility index (Phi) is 6.28. The quantitative estimate of drug-likeness (QED) is 0.799. The molecule has 24 heavy (non-hydrogen) atoms. The van der Waals surface area contributed by atoms with E-state index in [-0.39, 0.29) is 23.2 Å². The highest BCUT2D eigenvalue weighted by Crippen LogP contribution is 2.19. The second kappa shape index (κ2) is 8.21. The minimum atomic E-state index is -0.907. The zero-order valence-corrected chi connectivity index (χ0v) is 13.9. The molecule has 0 amide bonds. The van der Waals surface area contributed by atoms with Crippen LogP contribution in [0.4, 0.5) is 14.5 Å². The van der Waals surface area contributed by atoms with Gasteiger partial charge in [0.15, 0.2) is 5.82 Å². The number of aliphatic hydroxyl groups excluding tert-OH is 1. The molecule has 0 saturated heterocycles. The van der Waals surface area contributed by atoms with Gasteiger partial charge in [0.05, 0.1) is 11.9 Å². The summed E-state index contributed by atoms with van der Waals surface area (Å²) in [6.07, 6.45) is 2.81. The van der Waals surface area contributed by atoms with Crippen LogP contribution in [0.3, 0.4) is 0 Å². The van der Waals surface area contributed by atoms with Crippen LogP contribution in [0.2, 0.25) is 5.02 Å². The van der Waals surface area contributed by atoms with E-state index in [4.69, 9.17) is 16.7 Å². The van der Waals surface area contributed by atoms with Crippen LogP contribution in [0.25, 0.3) is 5.69 Å². The first-order chi connectivity index (χ1) is 11.5. The van der Waals surface area contributed by atoms with Crippen LogP contribution in [0.5, 0.6) is 0 Å². The number of rotatable bonds is 7. The summed E-state index contributed by atoms with van der Waals surface area (Å²) in [5.74, 6) is -1.43. The molecular weight excluding hydrogens is 340 g/mol. The predicted octanol–water partition coefficient (Wildman–Crippen LogP) is 2.98. The van der Waals surface area contributed by atoms with E-state index < -0.39 is 17.2 Å². The van der Waals surface area contributed by atoms with E-state index in [1.807, 2.05) is 6.92 Å². The van der Waals surface area contributed by atoms with Gasteiger partial charge in [-0.3, -0.25) is 4.79 Å². The van der Waals surface area contributed by atoms with Crippen molar-refractivity contribution in [3.63, 3.8) is 0 Å². The molecule has 0 fully saturated rings. The molecule has 0 bridgehead atoms. The average molecular weight is 358 g/mol. The summed E-state index contributed by atoms with van der Waals surface area (Å²) in [4.78, 5) is 12.3. The first-order valence-corrected chi connectivity index (χ1v) is 7.93. The Morgan fingerprint density at radius 3 is 2.79 bits per heavy atom. The SMILES string of the molecule is CCC(CCO)CNc1cnn(-c2ccc(F)cc2F)c(=O)c1Cl. The Morgan fingerprint density at radius 2 is 2.17 bits per heavy atom. The number of hydrogen-bond donors (Lipinski definition) is 2. The zero-order valence-electron chi connectivity index (χ0n) is 13.1. The lowest BCUT2D eigenvalue weighted by atomic mass is 10.0. The second-order valence-corrected chi connectivity index (χ2v) is 5.73. The van der Waals surface area contributed by atoms with Crippen molar-refractivity contribution in [2.75, 3.05) is 18.5 Å². The molecule has 2 N–H and O–H groups in total. The molecule has 1 heterocycles. The molecule has 0 aliphatic rings. The van der Waals surface area contributed by atoms with Crippen molar-refractivity contribution in [1.29, 1.82) is 0 Å². The normalized spacial score (nSPS) is 12.2. The number of hydrogen-bond acceptors (Lipinski definition) is 4. The van der Waals surface area contributed by atoms with E-state index in [9.17, 15) is 13.6 Å². The minimum absolute atomic E-state index is 0.0810. The topological polar surface area (TPSA) is 67.2 Å². The molecule has 130 valence electrons. The molecular formula is C16H18ClF2N3O2. The van der Waals surface area contributed by atoms with Crippen molar-refractivity contribution in [2.24, 2.45) is 5.92 Å². The van der Waals surface area contributed by atoms with E-state index in [2.05, 4.69) is 10.4 Å². The van der Waals surface area contributed by atoms with Gasteiger partial charge in [0, 0.05) is 19.2 Å². The molecule has 0 radical (unpaired) electrons. The summed E-state index contributed by atoms with van der Waals surface area (Å²) in [7, 11) is 0. The Morgan fingerprint density at radius 1 is 1.42 bits per heavy atom. The summed E-state index contributed by atoms with van der Waals surface area (Å²) in [5.41, 5.74) is -0.555. The lowest BCUT2D eigenvalue weighted by molar-refractivity contribution is 0.258. The highest BCUT2D eigenvalue weighted by molar-refractivity contribution is 6.32. The van der Waals surface area contributed by atoms with Crippen LogP contribution in [0, 0.1) is 17.6 Å². The minimum Gasteiger partial charge on any atom is -0.396 e. The number of anilines is 1. The highest BCUT2D eigenvalue weighted by Gasteiger charge is 2.15. The fourth-order valence-corrected chi connectivity index (χ4v) is 2.46. The van der Waals surface area contributed by atoms with E-state index in [1.165, 1.54) is 6.20 Å². The highest BCUT2D eigenvalue weighted by atomic mass is 35.5. The fourth-order valence-electron chi connectivity index (χ4n) is 2.27. The first kappa shape index (κ1) is 18.4. The summed E-state index contributed by atoms with van der Waals surface area (Å²) in [5, 5.41) is 15.8. The maximum absolute atomic E-state index is 13.8. The van der Waals surface area contributed by atoms with Gasteiger partial charge >= 0.3 is 0 Å². The Labute approximate surface area is 142 Å². The molecule has 1 aromatic heterocycles. The number of nitrogens with zero attached hydrogens (tertiary/aromatic N) is 2. The van der Waals surface area contributed by atoms with Gasteiger partial charge in [-0.25, -0.2) is 8.78 Å². The first-order valence-electron chi connectivity index (χ1n) is 7.55. The molecule has 1 atom stereocenters. The van der Waals surface area contributed by atoms with E-state index in [1.54, 1.807) is 0 Å². The lowest BCUT2D eigenvalue weighted by Crippen LogP contribution is -2.24. The molecule has 0 spiro atoms. The Balaban J connectivity index is 2.27. The third-order valence-electron chi connectivity index (χ3n) is 3.75. The molecule has 2 aromatic rings. The van der Waals surface area contributed by atoms with Gasteiger partial charge in [0.1, 0.15) is 16.5 Å². The van der Waals surface area contributed by atoms with Gasteiger partial charge in [-0.1, -0.05) is 24.9 Å². The van der Waals surface area contributed by atoms with Gasteiger partial charge in [-0.05, 0) is 24.5 Å². The number of benzene rings is 1. The Bertz CT molecular complexity index is 767. The van der Waals surface area contributed by atoms with Gasteiger partial charge in [0.2, 0.25) is 0 Å². The monoisotopic (exact) mass is 357 g/mol. The molecule has 5 nitrogen and oxygen atoms in total. The second-order valence-electron chi connectivity index (χ2n) is 5.35. The van der Waals surface area contributed by atoms with E-state index >= 15 is 0 Å². The molecule has 8 heteroatoms. The van der Waals surface area contributed by atoms with Gasteiger partial charge in [-0.2, -0.15) is 9.78 Å². The van der Waals surface area contributed by atoms with Crippen LogP contribution < -0.4 is 10.9 Å². The van der Waals surface area contributed by atoms with Crippen LogP contribution in [-0.2, 0) is 0 Å². The summed E-state index contributed by atoms with van der Waals surface area (Å²) >= 11 is 6.05. The molecule has 1 aromatic carbocycles. The molecule has 0 aliphatic carbocycles. The van der Waals surface area contributed by atoms with Gasteiger partial charge in [0.25, 0.3) is 5.56 Å². The standard InChI is InChI=1S/C16H18ClF2N3O2/c1-2-10(5-6-23)8-20-13-9-21-22(16(24)15(13)17)14-4-3-11(18)7-12(14)19/h3-4,7,9-10,20,23H,2,5-6,8H2,1H3. The molecule has 0 saturated carbocycles. The maximum atomic E-state index is 13.8. The number of aromatic nitrogens is 2. The van der Waals surface area contributed by atoms with Crippen molar-refractivity contribution >= 4 is 17.3 Å². The fraction of sp³-hybridized carbons (Fsp3) is 0.375. The summed E-state index contributed by atoms with van der Waals surface area (Å²) in [6.45, 7) is 2.60. The molecule has 2 rings (SSSR count). The Hall–Kier alpha value is -1.99. The average Bonchev–Trinajstić information content (AvgIpc) is 2.56.